The van der Waals surface area contributed by atoms with E-state index in [4.69, 9.17) is 0 Å². The highest BCUT2D eigenvalue weighted by Crippen LogP contribution is 2.24. The van der Waals surface area contributed by atoms with Crippen molar-refractivity contribution in [2.75, 3.05) is 24.5 Å². The van der Waals surface area contributed by atoms with Gasteiger partial charge in [-0.15, -0.1) is 11.3 Å². The Balaban J connectivity index is 1.13. The number of amides is 1. The third-order valence-corrected chi connectivity index (χ3v) is 6.11. The summed E-state index contributed by atoms with van der Waals surface area (Å²) < 4.78 is 3.05. The zero-order valence-electron chi connectivity index (χ0n) is 17.0. The van der Waals surface area contributed by atoms with Gasteiger partial charge in [0.2, 0.25) is 5.91 Å². The van der Waals surface area contributed by atoms with Crippen molar-refractivity contribution >= 4 is 23.1 Å². The summed E-state index contributed by atoms with van der Waals surface area (Å²) in [5.74, 6) is 1.27. The Labute approximate surface area is 187 Å². The SMILES string of the molecule is O=C(NCCn1nc(-c2cccs2)ccc1=O)C1CN(c2cc(-n3cccn3)ncn2)C1. The van der Waals surface area contributed by atoms with Crippen LogP contribution in [-0.4, -0.2) is 55.1 Å². The highest BCUT2D eigenvalue weighted by atomic mass is 32.1. The highest BCUT2D eigenvalue weighted by molar-refractivity contribution is 7.13. The van der Waals surface area contributed by atoms with Crippen LogP contribution in [0.3, 0.4) is 0 Å². The monoisotopic (exact) mass is 448 g/mol. The molecule has 1 amide bonds. The van der Waals surface area contributed by atoms with E-state index in [9.17, 15) is 9.59 Å². The Hall–Kier alpha value is -3.86. The van der Waals surface area contributed by atoms with Crippen molar-refractivity contribution in [3.8, 4) is 16.4 Å². The Morgan fingerprint density at radius 3 is 2.81 bits per heavy atom. The van der Waals surface area contributed by atoms with E-state index in [1.54, 1.807) is 28.3 Å². The minimum absolute atomic E-state index is 0.0370. The molecule has 1 saturated heterocycles. The standard InChI is InChI=1S/C21H20N8O2S/c30-20-5-4-16(17-3-1-10-32-17)26-29(20)9-7-22-21(31)15-12-27(13-15)18-11-19(24-14-23-18)28-8-2-6-25-28/h1-6,8,10-11,14-15H,7,9,12-13H2,(H,22,31). The summed E-state index contributed by atoms with van der Waals surface area (Å²) in [6.07, 6.45) is 5.00. The van der Waals surface area contributed by atoms with Crippen molar-refractivity contribution in [1.82, 2.24) is 34.8 Å². The van der Waals surface area contributed by atoms with E-state index in [1.807, 2.05) is 40.7 Å². The molecule has 0 aromatic carbocycles. The molecule has 0 spiro atoms. The summed E-state index contributed by atoms with van der Waals surface area (Å²) in [6.45, 7) is 1.81. The van der Waals surface area contributed by atoms with Crippen LogP contribution in [0.1, 0.15) is 0 Å². The molecular formula is C21H20N8O2S. The van der Waals surface area contributed by atoms with Gasteiger partial charge in [-0.3, -0.25) is 9.59 Å². The van der Waals surface area contributed by atoms with Gasteiger partial charge >= 0.3 is 0 Å². The summed E-state index contributed by atoms with van der Waals surface area (Å²) in [5.41, 5.74) is 0.561. The number of rotatable bonds is 7. The molecule has 11 heteroatoms. The van der Waals surface area contributed by atoms with Crippen molar-refractivity contribution in [2.24, 2.45) is 5.92 Å². The van der Waals surface area contributed by atoms with Gasteiger partial charge in [0, 0.05) is 44.2 Å². The summed E-state index contributed by atoms with van der Waals surface area (Å²) in [5, 5.41) is 13.5. The first-order valence-corrected chi connectivity index (χ1v) is 11.0. The molecule has 5 heterocycles. The van der Waals surface area contributed by atoms with Crippen LogP contribution in [0, 0.1) is 5.92 Å². The molecule has 4 aromatic heterocycles. The average molecular weight is 449 g/mol. The van der Waals surface area contributed by atoms with Gasteiger partial charge in [0.25, 0.3) is 5.56 Å². The van der Waals surface area contributed by atoms with Crippen LogP contribution in [0.4, 0.5) is 5.82 Å². The number of aromatic nitrogens is 6. The Morgan fingerprint density at radius 1 is 1.16 bits per heavy atom. The first kappa shape index (κ1) is 20.1. The van der Waals surface area contributed by atoms with E-state index in [0.717, 1.165) is 16.4 Å². The molecule has 0 unspecified atom stereocenters. The zero-order chi connectivity index (χ0) is 21.9. The fraction of sp³-hybridized carbons (Fsp3) is 0.238. The summed E-state index contributed by atoms with van der Waals surface area (Å²) >= 11 is 1.57. The Kier molecular flexibility index (Phi) is 5.46. The highest BCUT2D eigenvalue weighted by Gasteiger charge is 2.33. The number of anilines is 1. The van der Waals surface area contributed by atoms with Gasteiger partial charge < -0.3 is 10.2 Å². The first-order valence-electron chi connectivity index (χ1n) is 10.1. The minimum atomic E-state index is -0.189. The molecule has 1 aliphatic heterocycles. The predicted molar refractivity (Wildman–Crippen MR) is 120 cm³/mol. The van der Waals surface area contributed by atoms with Crippen molar-refractivity contribution in [1.29, 1.82) is 0 Å². The normalized spacial score (nSPS) is 13.7. The molecule has 0 bridgehead atoms. The topological polar surface area (TPSA) is 111 Å². The van der Waals surface area contributed by atoms with E-state index in [1.165, 1.54) is 17.1 Å². The molecule has 5 rings (SSSR count). The van der Waals surface area contributed by atoms with Crippen molar-refractivity contribution in [2.45, 2.75) is 6.54 Å². The zero-order valence-corrected chi connectivity index (χ0v) is 17.9. The molecule has 1 N–H and O–H groups in total. The molecule has 0 saturated carbocycles. The fourth-order valence-electron chi connectivity index (χ4n) is 3.47. The number of nitrogens with one attached hydrogen (secondary N) is 1. The summed E-state index contributed by atoms with van der Waals surface area (Å²) in [4.78, 5) is 36.1. The number of hydrogen-bond acceptors (Lipinski definition) is 8. The van der Waals surface area contributed by atoms with Crippen molar-refractivity contribution < 1.29 is 4.79 Å². The molecule has 32 heavy (non-hydrogen) atoms. The molecule has 1 aliphatic rings. The van der Waals surface area contributed by atoms with Crippen LogP contribution >= 0.6 is 11.3 Å². The number of thiophene rings is 1. The lowest BCUT2D eigenvalue weighted by Crippen LogP contribution is -2.54. The quantitative estimate of drug-likeness (QED) is 0.452. The van der Waals surface area contributed by atoms with Crippen LogP contribution in [-0.2, 0) is 11.3 Å². The second-order valence-electron chi connectivity index (χ2n) is 7.34. The fourth-order valence-corrected chi connectivity index (χ4v) is 4.16. The van der Waals surface area contributed by atoms with Crippen LogP contribution in [0.15, 0.2) is 65.3 Å². The molecule has 162 valence electrons. The summed E-state index contributed by atoms with van der Waals surface area (Å²) in [6, 6.07) is 10.8. The lowest BCUT2D eigenvalue weighted by Gasteiger charge is -2.39. The third-order valence-electron chi connectivity index (χ3n) is 5.22. The minimum Gasteiger partial charge on any atom is -0.355 e. The second-order valence-corrected chi connectivity index (χ2v) is 8.28. The number of carbonyl (C=O) groups is 1. The van der Waals surface area contributed by atoms with Gasteiger partial charge in [-0.05, 0) is 23.6 Å². The lowest BCUT2D eigenvalue weighted by atomic mass is 9.99. The number of nitrogens with zero attached hydrogens (tertiary/aromatic N) is 7. The van der Waals surface area contributed by atoms with E-state index in [0.29, 0.717) is 32.0 Å². The molecule has 0 aliphatic carbocycles. The van der Waals surface area contributed by atoms with E-state index in [2.05, 4.69) is 25.5 Å². The van der Waals surface area contributed by atoms with Gasteiger partial charge in [0.15, 0.2) is 5.82 Å². The van der Waals surface area contributed by atoms with Crippen LogP contribution < -0.4 is 15.8 Å². The molecule has 0 atom stereocenters. The second kappa shape index (κ2) is 8.71. The van der Waals surface area contributed by atoms with Crippen LogP contribution in [0.2, 0.25) is 0 Å². The molecule has 1 fully saturated rings. The van der Waals surface area contributed by atoms with E-state index >= 15 is 0 Å². The first-order chi connectivity index (χ1) is 15.7. The van der Waals surface area contributed by atoms with Crippen molar-refractivity contribution in [3.05, 3.63) is 70.9 Å². The molecule has 0 radical (unpaired) electrons. The van der Waals surface area contributed by atoms with Gasteiger partial charge in [-0.2, -0.15) is 10.2 Å². The van der Waals surface area contributed by atoms with Gasteiger partial charge in [0.1, 0.15) is 17.8 Å². The maximum absolute atomic E-state index is 12.5. The van der Waals surface area contributed by atoms with Gasteiger partial charge in [0.05, 0.1) is 17.3 Å². The maximum Gasteiger partial charge on any atom is 0.266 e. The third kappa shape index (κ3) is 4.14. The van der Waals surface area contributed by atoms with Gasteiger partial charge in [-0.1, -0.05) is 6.07 Å². The molecular weight excluding hydrogens is 428 g/mol. The Bertz CT molecular complexity index is 1260. The maximum atomic E-state index is 12.5. The number of carbonyl (C=O) groups excluding carboxylic acids is 1. The number of hydrogen-bond donors (Lipinski definition) is 1. The lowest BCUT2D eigenvalue weighted by molar-refractivity contribution is -0.125. The smallest absolute Gasteiger partial charge is 0.266 e. The largest absolute Gasteiger partial charge is 0.355 e. The summed E-state index contributed by atoms with van der Waals surface area (Å²) in [7, 11) is 0. The van der Waals surface area contributed by atoms with Crippen LogP contribution in [0.5, 0.6) is 0 Å². The van der Waals surface area contributed by atoms with Crippen LogP contribution in [0.25, 0.3) is 16.4 Å². The molecule has 10 nitrogen and oxygen atoms in total. The van der Waals surface area contributed by atoms with E-state index < -0.39 is 0 Å². The van der Waals surface area contributed by atoms with E-state index in [-0.39, 0.29) is 17.4 Å². The van der Waals surface area contributed by atoms with Gasteiger partial charge in [-0.25, -0.2) is 19.3 Å². The molecule has 4 aromatic rings. The van der Waals surface area contributed by atoms with Crippen molar-refractivity contribution in [3.63, 3.8) is 0 Å². The predicted octanol–water partition coefficient (Wildman–Crippen LogP) is 1.20. The Morgan fingerprint density at radius 2 is 2.03 bits per heavy atom. The average Bonchev–Trinajstić information content (AvgIpc) is 3.49.